The van der Waals surface area contributed by atoms with Gasteiger partial charge in [-0.25, -0.2) is 4.39 Å². The topological polar surface area (TPSA) is 106 Å². The van der Waals surface area contributed by atoms with Crippen LogP contribution in [-0.4, -0.2) is 50.6 Å². The van der Waals surface area contributed by atoms with E-state index in [1.165, 1.54) is 24.1 Å². The molecule has 1 aliphatic rings. The zero-order valence-corrected chi connectivity index (χ0v) is 23.4. The lowest BCUT2D eigenvalue weighted by Crippen LogP contribution is -2.51. The van der Waals surface area contributed by atoms with Crippen molar-refractivity contribution in [2.24, 2.45) is 0 Å². The van der Waals surface area contributed by atoms with Crippen LogP contribution in [0, 0.1) is 5.82 Å². The predicted octanol–water partition coefficient (Wildman–Crippen LogP) is 4.76. The Morgan fingerprint density at radius 2 is 1.90 bits per heavy atom. The number of hydrogen-bond donors (Lipinski definition) is 2. The first kappa shape index (κ1) is 29.7. The van der Waals surface area contributed by atoms with Crippen LogP contribution in [0.1, 0.15) is 16.8 Å². The molecule has 4 rings (SSSR count). The summed E-state index contributed by atoms with van der Waals surface area (Å²) in [7, 11) is 1.51. The highest BCUT2D eigenvalue weighted by atomic mass is 35.5. The number of rotatable bonds is 10. The molecular formula is C29H26Cl2FN3O6. The summed E-state index contributed by atoms with van der Waals surface area (Å²) in [4.78, 5) is 40.0. The molecule has 0 aromatic heterocycles. The normalized spacial score (nSPS) is 13.9. The summed E-state index contributed by atoms with van der Waals surface area (Å²) < 4.78 is 29.9. The first-order valence-electron chi connectivity index (χ1n) is 12.4. The first-order valence-corrected chi connectivity index (χ1v) is 13.2. The largest absolute Gasteiger partial charge is 0.497 e. The fraction of sp³-hybridized carbons (Fsp3) is 0.207. The monoisotopic (exact) mass is 601 g/mol. The highest BCUT2D eigenvalue weighted by molar-refractivity contribution is 6.31. The van der Waals surface area contributed by atoms with Crippen LogP contribution in [0.15, 0.2) is 72.9 Å². The number of fused-ring (bicyclic) bond motifs is 1. The van der Waals surface area contributed by atoms with E-state index in [1.54, 1.807) is 42.5 Å². The molecule has 0 bridgehead atoms. The van der Waals surface area contributed by atoms with Gasteiger partial charge in [0.1, 0.15) is 23.1 Å². The Morgan fingerprint density at radius 1 is 1.10 bits per heavy atom. The Balaban J connectivity index is 1.31. The maximum absolute atomic E-state index is 13.5. The van der Waals surface area contributed by atoms with E-state index in [4.69, 9.17) is 37.4 Å². The molecule has 0 saturated heterocycles. The first-order chi connectivity index (χ1) is 19.6. The van der Waals surface area contributed by atoms with Gasteiger partial charge in [0, 0.05) is 35.3 Å². The number of carbonyl (C=O) groups excluding carboxylic acids is 3. The maximum Gasteiger partial charge on any atom is 0.262 e. The lowest BCUT2D eigenvalue weighted by atomic mass is 10.1. The molecule has 12 heteroatoms. The van der Waals surface area contributed by atoms with E-state index < -0.39 is 23.7 Å². The molecule has 1 unspecified atom stereocenters. The third kappa shape index (κ3) is 7.68. The van der Waals surface area contributed by atoms with Crippen LogP contribution in [0.5, 0.6) is 17.2 Å². The van der Waals surface area contributed by atoms with E-state index in [0.717, 1.165) is 6.07 Å². The summed E-state index contributed by atoms with van der Waals surface area (Å²) >= 11 is 11.8. The molecule has 0 radical (unpaired) electrons. The minimum absolute atomic E-state index is 0.0550. The van der Waals surface area contributed by atoms with Crippen LogP contribution in [0.3, 0.4) is 0 Å². The van der Waals surface area contributed by atoms with Crippen molar-refractivity contribution in [3.05, 3.63) is 94.4 Å². The van der Waals surface area contributed by atoms with Crippen LogP contribution in [0.2, 0.25) is 10.0 Å². The molecule has 1 atom stereocenters. The smallest absolute Gasteiger partial charge is 0.262 e. The van der Waals surface area contributed by atoms with Gasteiger partial charge in [0.25, 0.3) is 17.7 Å². The van der Waals surface area contributed by atoms with Crippen molar-refractivity contribution in [2.75, 3.05) is 31.7 Å². The van der Waals surface area contributed by atoms with Crippen molar-refractivity contribution in [3.63, 3.8) is 0 Å². The molecule has 3 aromatic carbocycles. The van der Waals surface area contributed by atoms with Gasteiger partial charge in [-0.15, -0.1) is 0 Å². The van der Waals surface area contributed by atoms with Crippen LogP contribution in [0.4, 0.5) is 10.1 Å². The molecule has 0 aliphatic carbocycles. The minimum atomic E-state index is -1.01. The zero-order valence-electron chi connectivity index (χ0n) is 21.9. The molecule has 0 saturated carbocycles. The summed E-state index contributed by atoms with van der Waals surface area (Å²) in [5.41, 5.74) is 1.14. The van der Waals surface area contributed by atoms with Crippen molar-refractivity contribution in [1.82, 2.24) is 10.6 Å². The summed E-state index contributed by atoms with van der Waals surface area (Å²) in [6, 6.07) is 15.3. The molecular weight excluding hydrogens is 576 g/mol. The number of benzene rings is 3. The minimum Gasteiger partial charge on any atom is -0.497 e. The molecule has 1 aliphatic heterocycles. The van der Waals surface area contributed by atoms with E-state index in [2.05, 4.69) is 17.2 Å². The third-order valence-electron chi connectivity index (χ3n) is 5.99. The van der Waals surface area contributed by atoms with Crippen LogP contribution < -0.4 is 29.7 Å². The number of nitrogens with zero attached hydrogens (tertiary/aromatic N) is 1. The standard InChI is InChI=1S/C29H26Cl2FN3O6/c1-17(34-27(36)16-40-21-7-8-22(31)23(32)14-21)10-11-33-28(37)26-15-35(24-13-19(30)6-9-25(24)41-26)29(38)18-4-3-5-20(12-18)39-2/h3-9,12-14,26H,1,10-11,15-16H2,2H3,(H,33,37)(H,34,36). The van der Waals surface area contributed by atoms with E-state index >= 15 is 0 Å². The molecule has 9 nitrogen and oxygen atoms in total. The second-order valence-corrected chi connectivity index (χ2v) is 9.77. The van der Waals surface area contributed by atoms with Gasteiger partial charge in [-0.3, -0.25) is 14.4 Å². The fourth-order valence-electron chi connectivity index (χ4n) is 3.96. The van der Waals surface area contributed by atoms with Gasteiger partial charge < -0.3 is 29.7 Å². The van der Waals surface area contributed by atoms with Crippen molar-refractivity contribution >= 4 is 46.6 Å². The third-order valence-corrected chi connectivity index (χ3v) is 6.53. The van der Waals surface area contributed by atoms with Crippen molar-refractivity contribution in [3.8, 4) is 17.2 Å². The Bertz CT molecular complexity index is 1480. The number of halogens is 3. The summed E-state index contributed by atoms with van der Waals surface area (Å²) in [5, 5.41) is 5.65. The number of hydrogen-bond acceptors (Lipinski definition) is 6. The van der Waals surface area contributed by atoms with Crippen LogP contribution in [-0.2, 0) is 9.59 Å². The van der Waals surface area contributed by atoms with Gasteiger partial charge >= 0.3 is 0 Å². The number of anilines is 1. The Kier molecular flexibility index (Phi) is 9.69. The Morgan fingerprint density at radius 3 is 2.66 bits per heavy atom. The molecule has 0 spiro atoms. The van der Waals surface area contributed by atoms with Gasteiger partial charge in [-0.2, -0.15) is 0 Å². The van der Waals surface area contributed by atoms with Crippen molar-refractivity contribution in [1.29, 1.82) is 0 Å². The zero-order chi connectivity index (χ0) is 29.5. The Labute approximate surface area is 245 Å². The molecule has 1 heterocycles. The lowest BCUT2D eigenvalue weighted by Gasteiger charge is -2.34. The van der Waals surface area contributed by atoms with Gasteiger partial charge in [-0.1, -0.05) is 35.8 Å². The lowest BCUT2D eigenvalue weighted by molar-refractivity contribution is -0.127. The predicted molar refractivity (Wildman–Crippen MR) is 152 cm³/mol. The SMILES string of the molecule is C=C(CCNC(=O)C1CN(C(=O)c2cccc(OC)c2)c2cc(Cl)ccc2O1)NC(=O)COc1ccc(Cl)c(F)c1. The summed E-state index contributed by atoms with van der Waals surface area (Å²) in [6.07, 6.45) is -0.785. The number of methoxy groups -OCH3 is 1. The fourth-order valence-corrected chi connectivity index (χ4v) is 4.24. The number of nitrogens with one attached hydrogen (secondary N) is 2. The van der Waals surface area contributed by atoms with Crippen molar-refractivity contribution < 1.29 is 33.0 Å². The van der Waals surface area contributed by atoms with E-state index in [0.29, 0.717) is 33.5 Å². The average molecular weight is 602 g/mol. The van der Waals surface area contributed by atoms with Gasteiger partial charge in [0.15, 0.2) is 12.7 Å². The molecule has 214 valence electrons. The van der Waals surface area contributed by atoms with E-state index in [1.807, 2.05) is 0 Å². The van der Waals surface area contributed by atoms with Crippen LogP contribution >= 0.6 is 23.2 Å². The number of amides is 3. The van der Waals surface area contributed by atoms with Gasteiger partial charge in [0.05, 0.1) is 24.4 Å². The van der Waals surface area contributed by atoms with Crippen LogP contribution in [0.25, 0.3) is 0 Å². The summed E-state index contributed by atoms with van der Waals surface area (Å²) in [6.45, 7) is 3.49. The molecule has 2 N–H and O–H groups in total. The average Bonchev–Trinajstić information content (AvgIpc) is 2.96. The number of ether oxygens (including phenoxy) is 3. The number of carbonyl (C=O) groups is 3. The molecule has 3 amide bonds. The molecule has 0 fully saturated rings. The second kappa shape index (κ2) is 13.4. The highest BCUT2D eigenvalue weighted by Gasteiger charge is 2.34. The Hall–Kier alpha value is -4.28. The maximum atomic E-state index is 13.5. The molecule has 3 aromatic rings. The van der Waals surface area contributed by atoms with Gasteiger partial charge in [-0.05, 0) is 48.5 Å². The van der Waals surface area contributed by atoms with Crippen molar-refractivity contribution in [2.45, 2.75) is 12.5 Å². The molecule has 41 heavy (non-hydrogen) atoms. The van der Waals surface area contributed by atoms with E-state index in [-0.39, 0.29) is 42.8 Å². The highest BCUT2D eigenvalue weighted by Crippen LogP contribution is 2.37. The second-order valence-electron chi connectivity index (χ2n) is 8.92. The quantitative estimate of drug-likeness (QED) is 0.347. The summed E-state index contributed by atoms with van der Waals surface area (Å²) in [5.74, 6) is -0.984. The van der Waals surface area contributed by atoms with E-state index in [9.17, 15) is 18.8 Å². The van der Waals surface area contributed by atoms with Gasteiger partial charge in [0.2, 0.25) is 0 Å².